The van der Waals surface area contributed by atoms with Crippen LogP contribution in [0.15, 0.2) is 18.2 Å². The van der Waals surface area contributed by atoms with Crippen molar-refractivity contribution in [3.05, 3.63) is 34.6 Å². The molecule has 0 radical (unpaired) electrons. The quantitative estimate of drug-likeness (QED) is 0.897. The molecule has 1 aliphatic rings. The van der Waals surface area contributed by atoms with Crippen LogP contribution in [0, 0.1) is 5.82 Å². The van der Waals surface area contributed by atoms with Crippen molar-refractivity contribution in [1.82, 2.24) is 4.90 Å². The highest BCUT2D eigenvalue weighted by Gasteiger charge is 2.38. The Kier molecular flexibility index (Phi) is 5.05. The van der Waals surface area contributed by atoms with Crippen molar-refractivity contribution in [2.45, 2.75) is 51.2 Å². The summed E-state index contributed by atoms with van der Waals surface area (Å²) in [6.45, 7) is 6.30. The number of halogens is 2. The summed E-state index contributed by atoms with van der Waals surface area (Å²) in [5.41, 5.74) is 0.563. The zero-order chi connectivity index (χ0) is 14.8. The van der Waals surface area contributed by atoms with Crippen molar-refractivity contribution in [3.63, 3.8) is 0 Å². The fourth-order valence-electron chi connectivity index (χ4n) is 3.01. The van der Waals surface area contributed by atoms with Crippen LogP contribution in [-0.2, 0) is 6.42 Å². The molecule has 1 fully saturated rings. The van der Waals surface area contributed by atoms with Gasteiger partial charge in [-0.1, -0.05) is 24.6 Å². The van der Waals surface area contributed by atoms with Crippen LogP contribution in [0.25, 0.3) is 0 Å². The first kappa shape index (κ1) is 15.7. The zero-order valence-electron chi connectivity index (χ0n) is 12.2. The van der Waals surface area contributed by atoms with E-state index in [4.69, 9.17) is 11.6 Å². The van der Waals surface area contributed by atoms with Gasteiger partial charge in [-0.2, -0.15) is 0 Å². The zero-order valence-corrected chi connectivity index (χ0v) is 13.0. The molecule has 2 nitrogen and oxygen atoms in total. The molecule has 112 valence electrons. The van der Waals surface area contributed by atoms with Gasteiger partial charge in [-0.25, -0.2) is 4.39 Å². The molecule has 1 aliphatic heterocycles. The van der Waals surface area contributed by atoms with E-state index < -0.39 is 6.10 Å². The van der Waals surface area contributed by atoms with Crippen LogP contribution < -0.4 is 0 Å². The monoisotopic (exact) mass is 299 g/mol. The van der Waals surface area contributed by atoms with E-state index in [1.807, 2.05) is 0 Å². The van der Waals surface area contributed by atoms with Crippen LogP contribution in [0.3, 0.4) is 0 Å². The van der Waals surface area contributed by atoms with Crippen molar-refractivity contribution in [3.8, 4) is 0 Å². The van der Waals surface area contributed by atoms with Gasteiger partial charge in [0.05, 0.1) is 6.10 Å². The van der Waals surface area contributed by atoms with E-state index in [-0.39, 0.29) is 11.4 Å². The first-order valence-electron chi connectivity index (χ1n) is 7.34. The lowest BCUT2D eigenvalue weighted by molar-refractivity contribution is -0.0117. The van der Waals surface area contributed by atoms with E-state index in [1.54, 1.807) is 6.07 Å². The SMILES string of the molecule is CCC(C)(C(O)Cc1ccc(F)cc1Cl)N1CCCC1. The van der Waals surface area contributed by atoms with Crippen LogP contribution in [0.1, 0.15) is 38.7 Å². The average molecular weight is 300 g/mol. The third-order valence-electron chi connectivity index (χ3n) is 4.69. The predicted octanol–water partition coefficient (Wildman–Crippen LogP) is 3.65. The Hall–Kier alpha value is -0.640. The number of aliphatic hydroxyl groups is 1. The Morgan fingerprint density at radius 2 is 2.05 bits per heavy atom. The standard InChI is InChI=1S/C16H23ClFNO/c1-3-16(2,19-8-4-5-9-19)15(20)10-12-6-7-13(18)11-14(12)17/h6-7,11,15,20H,3-5,8-10H2,1-2H3. The number of rotatable bonds is 5. The molecule has 1 N–H and O–H groups in total. The summed E-state index contributed by atoms with van der Waals surface area (Å²) in [6, 6.07) is 4.37. The Morgan fingerprint density at radius 3 is 2.60 bits per heavy atom. The van der Waals surface area contributed by atoms with Gasteiger partial charge < -0.3 is 5.11 Å². The van der Waals surface area contributed by atoms with Gasteiger partial charge in [0.1, 0.15) is 5.82 Å². The molecule has 1 aromatic rings. The van der Waals surface area contributed by atoms with Gasteiger partial charge in [-0.3, -0.25) is 4.90 Å². The minimum absolute atomic E-state index is 0.242. The second-order valence-electron chi connectivity index (χ2n) is 5.86. The van der Waals surface area contributed by atoms with Gasteiger partial charge in [0, 0.05) is 17.0 Å². The third kappa shape index (κ3) is 3.16. The molecule has 0 aliphatic carbocycles. The first-order valence-corrected chi connectivity index (χ1v) is 7.72. The predicted molar refractivity (Wildman–Crippen MR) is 80.6 cm³/mol. The molecular weight excluding hydrogens is 277 g/mol. The van der Waals surface area contributed by atoms with Gasteiger partial charge in [-0.05, 0) is 57.0 Å². The molecule has 4 heteroatoms. The normalized spacial score (nSPS) is 20.9. The van der Waals surface area contributed by atoms with Crippen molar-refractivity contribution in [1.29, 1.82) is 0 Å². The minimum atomic E-state index is -0.506. The lowest BCUT2D eigenvalue weighted by Gasteiger charge is -2.42. The Balaban J connectivity index is 2.14. The second kappa shape index (κ2) is 6.42. The largest absolute Gasteiger partial charge is 0.391 e. The number of hydrogen-bond donors (Lipinski definition) is 1. The first-order chi connectivity index (χ1) is 9.47. The molecule has 0 amide bonds. The minimum Gasteiger partial charge on any atom is -0.391 e. The Morgan fingerprint density at radius 1 is 1.40 bits per heavy atom. The highest BCUT2D eigenvalue weighted by atomic mass is 35.5. The van der Waals surface area contributed by atoms with Gasteiger partial charge in [0.15, 0.2) is 0 Å². The molecule has 1 saturated heterocycles. The maximum Gasteiger partial charge on any atom is 0.124 e. The van der Waals surface area contributed by atoms with E-state index in [2.05, 4.69) is 18.7 Å². The lowest BCUT2D eigenvalue weighted by atomic mass is 9.86. The van der Waals surface area contributed by atoms with Crippen LogP contribution in [-0.4, -0.2) is 34.7 Å². The van der Waals surface area contributed by atoms with Crippen LogP contribution >= 0.6 is 11.6 Å². The molecule has 2 atom stereocenters. The molecule has 1 heterocycles. The second-order valence-corrected chi connectivity index (χ2v) is 6.27. The summed E-state index contributed by atoms with van der Waals surface area (Å²) in [5.74, 6) is -0.342. The number of benzene rings is 1. The molecular formula is C16H23ClFNO. The molecule has 20 heavy (non-hydrogen) atoms. The molecule has 0 saturated carbocycles. The summed E-state index contributed by atoms with van der Waals surface area (Å²) < 4.78 is 13.1. The highest BCUT2D eigenvalue weighted by Crippen LogP contribution is 2.31. The summed E-state index contributed by atoms with van der Waals surface area (Å²) in [7, 11) is 0. The highest BCUT2D eigenvalue weighted by molar-refractivity contribution is 6.31. The molecule has 2 unspecified atom stereocenters. The fraction of sp³-hybridized carbons (Fsp3) is 0.625. The molecule has 2 rings (SSSR count). The third-order valence-corrected chi connectivity index (χ3v) is 5.04. The molecule has 0 spiro atoms. The van der Waals surface area contributed by atoms with Crippen molar-refractivity contribution in [2.75, 3.05) is 13.1 Å². The lowest BCUT2D eigenvalue weighted by Crippen LogP contribution is -2.53. The molecule has 1 aromatic carbocycles. The number of hydrogen-bond acceptors (Lipinski definition) is 2. The number of likely N-dealkylation sites (tertiary alicyclic amines) is 1. The summed E-state index contributed by atoms with van der Waals surface area (Å²) in [4.78, 5) is 2.37. The van der Waals surface area contributed by atoms with E-state index >= 15 is 0 Å². The van der Waals surface area contributed by atoms with Gasteiger partial charge in [0.2, 0.25) is 0 Å². The Labute approximate surface area is 125 Å². The fourth-order valence-corrected chi connectivity index (χ4v) is 3.26. The number of nitrogens with zero attached hydrogens (tertiary/aromatic N) is 1. The van der Waals surface area contributed by atoms with Crippen molar-refractivity contribution < 1.29 is 9.50 Å². The van der Waals surface area contributed by atoms with E-state index in [0.717, 1.165) is 25.1 Å². The van der Waals surface area contributed by atoms with E-state index in [9.17, 15) is 9.50 Å². The van der Waals surface area contributed by atoms with Crippen LogP contribution in [0.4, 0.5) is 4.39 Å². The average Bonchev–Trinajstić information content (AvgIpc) is 2.95. The number of aliphatic hydroxyl groups excluding tert-OH is 1. The molecule has 0 bridgehead atoms. The summed E-state index contributed by atoms with van der Waals surface area (Å²) in [5, 5.41) is 11.1. The smallest absolute Gasteiger partial charge is 0.124 e. The van der Waals surface area contributed by atoms with Crippen molar-refractivity contribution >= 4 is 11.6 Å². The van der Waals surface area contributed by atoms with Gasteiger partial charge in [0.25, 0.3) is 0 Å². The summed E-state index contributed by atoms with van der Waals surface area (Å²) >= 11 is 6.06. The van der Waals surface area contributed by atoms with Gasteiger partial charge in [-0.15, -0.1) is 0 Å². The topological polar surface area (TPSA) is 23.5 Å². The van der Waals surface area contributed by atoms with Crippen molar-refractivity contribution in [2.24, 2.45) is 0 Å². The van der Waals surface area contributed by atoms with E-state index in [0.29, 0.717) is 11.4 Å². The maximum absolute atomic E-state index is 13.1. The summed E-state index contributed by atoms with van der Waals surface area (Å²) in [6.07, 6.45) is 3.22. The van der Waals surface area contributed by atoms with Crippen LogP contribution in [0.2, 0.25) is 5.02 Å². The Bertz CT molecular complexity index is 462. The van der Waals surface area contributed by atoms with E-state index in [1.165, 1.54) is 25.0 Å². The maximum atomic E-state index is 13.1. The van der Waals surface area contributed by atoms with Crippen LogP contribution in [0.5, 0.6) is 0 Å². The molecule has 0 aromatic heterocycles. The van der Waals surface area contributed by atoms with Gasteiger partial charge >= 0.3 is 0 Å².